The van der Waals surface area contributed by atoms with Gasteiger partial charge in [-0.1, -0.05) is 44.2 Å². The van der Waals surface area contributed by atoms with Crippen LogP contribution in [0.5, 0.6) is 0 Å². The Labute approximate surface area is 189 Å². The lowest BCUT2D eigenvalue weighted by molar-refractivity contribution is -0.125. The molecule has 0 radical (unpaired) electrons. The van der Waals surface area contributed by atoms with E-state index in [-0.39, 0.29) is 27.4 Å². The molecule has 1 amide bonds. The molecule has 0 aromatic heterocycles. The number of hydrogen-bond acceptors (Lipinski definition) is 5. The van der Waals surface area contributed by atoms with Crippen molar-refractivity contribution >= 4 is 33.5 Å². The Balaban J connectivity index is 1.64. The zero-order chi connectivity index (χ0) is 22.4. The number of amides is 1. The molecule has 1 aliphatic heterocycles. The highest BCUT2D eigenvalue weighted by Crippen LogP contribution is 2.28. The van der Waals surface area contributed by atoms with Crippen LogP contribution in [-0.4, -0.2) is 50.3 Å². The van der Waals surface area contributed by atoms with Gasteiger partial charge in [0.1, 0.15) is 4.90 Å². The maximum atomic E-state index is 13.1. The molecule has 2 atom stereocenters. The molecule has 9 heteroatoms. The van der Waals surface area contributed by atoms with Crippen LogP contribution in [0.1, 0.15) is 68.6 Å². The van der Waals surface area contributed by atoms with Crippen LogP contribution in [0.3, 0.4) is 0 Å². The van der Waals surface area contributed by atoms with E-state index >= 15 is 0 Å². The van der Waals surface area contributed by atoms with Crippen molar-refractivity contribution in [2.75, 3.05) is 19.7 Å². The summed E-state index contributed by atoms with van der Waals surface area (Å²) in [5, 5.41) is 2.99. The first-order valence-electron chi connectivity index (χ1n) is 11.0. The van der Waals surface area contributed by atoms with Crippen LogP contribution in [0.4, 0.5) is 0 Å². The highest BCUT2D eigenvalue weighted by Gasteiger charge is 2.29. The molecular formula is C22H31ClN2O5S. The van der Waals surface area contributed by atoms with Gasteiger partial charge in [-0.05, 0) is 49.8 Å². The van der Waals surface area contributed by atoms with Gasteiger partial charge in [-0.2, -0.15) is 4.31 Å². The molecule has 0 spiro atoms. The summed E-state index contributed by atoms with van der Waals surface area (Å²) in [6.07, 6.45) is 7.83. The summed E-state index contributed by atoms with van der Waals surface area (Å²) in [5.74, 6) is -0.703. The second-order valence-corrected chi connectivity index (χ2v) is 10.8. The third-order valence-electron chi connectivity index (χ3n) is 6.14. The number of ether oxygens (including phenoxy) is 1. The molecule has 1 saturated heterocycles. The minimum Gasteiger partial charge on any atom is -0.452 e. The Morgan fingerprint density at radius 3 is 2.45 bits per heavy atom. The highest BCUT2D eigenvalue weighted by atomic mass is 35.5. The smallest absolute Gasteiger partial charge is 0.338 e. The zero-order valence-corrected chi connectivity index (χ0v) is 19.5. The summed E-state index contributed by atoms with van der Waals surface area (Å²) in [6, 6.07) is 4.13. The number of rotatable bonds is 6. The normalized spacial score (nSPS) is 23.0. The van der Waals surface area contributed by atoms with Crippen LogP contribution in [0, 0.1) is 5.92 Å². The van der Waals surface area contributed by atoms with Crippen molar-refractivity contribution in [2.24, 2.45) is 5.92 Å². The number of esters is 1. The number of nitrogens with zero attached hydrogens (tertiary/aromatic N) is 1. The van der Waals surface area contributed by atoms with Crippen molar-refractivity contribution in [3.05, 3.63) is 28.8 Å². The molecule has 2 aliphatic rings. The monoisotopic (exact) mass is 470 g/mol. The topological polar surface area (TPSA) is 92.8 Å². The summed E-state index contributed by atoms with van der Waals surface area (Å²) in [7, 11) is -3.81. The van der Waals surface area contributed by atoms with Gasteiger partial charge < -0.3 is 10.1 Å². The van der Waals surface area contributed by atoms with Crippen molar-refractivity contribution in [1.82, 2.24) is 9.62 Å². The minimum atomic E-state index is -3.81. The van der Waals surface area contributed by atoms with Crippen molar-refractivity contribution in [3.63, 3.8) is 0 Å². The molecule has 1 heterocycles. The minimum absolute atomic E-state index is 0.0524. The molecule has 172 valence electrons. The molecule has 1 saturated carbocycles. The van der Waals surface area contributed by atoms with Crippen LogP contribution in [0.2, 0.25) is 5.02 Å². The predicted molar refractivity (Wildman–Crippen MR) is 119 cm³/mol. The first-order chi connectivity index (χ1) is 14.8. The lowest BCUT2D eigenvalue weighted by Crippen LogP contribution is -2.42. The first kappa shape index (κ1) is 24.0. The van der Waals surface area contributed by atoms with Crippen LogP contribution >= 0.6 is 11.6 Å². The fourth-order valence-electron chi connectivity index (χ4n) is 4.24. The summed E-state index contributed by atoms with van der Waals surface area (Å²) >= 11 is 6.17. The van der Waals surface area contributed by atoms with Crippen LogP contribution in [-0.2, 0) is 19.6 Å². The standard InChI is InChI=1S/C22H31ClN2O5S/c1-16-8-4-5-9-19(16)24-21(26)15-30-22(27)17-10-11-18(23)20(14-17)31(28,29)25-12-6-2-3-7-13-25/h10-11,14,16,19H,2-9,12-13,15H2,1H3,(H,24,26). The number of carbonyl (C=O) groups excluding carboxylic acids is 2. The fourth-order valence-corrected chi connectivity index (χ4v) is 6.26. The maximum absolute atomic E-state index is 13.1. The average Bonchev–Trinajstić information content (AvgIpc) is 3.04. The van der Waals surface area contributed by atoms with E-state index in [2.05, 4.69) is 12.2 Å². The van der Waals surface area contributed by atoms with Gasteiger partial charge in [0, 0.05) is 19.1 Å². The third-order valence-corrected chi connectivity index (χ3v) is 8.52. The lowest BCUT2D eigenvalue weighted by Gasteiger charge is -2.29. The van der Waals surface area contributed by atoms with Crippen molar-refractivity contribution in [2.45, 2.75) is 69.2 Å². The van der Waals surface area contributed by atoms with Gasteiger partial charge in [0.05, 0.1) is 10.6 Å². The molecule has 1 aromatic carbocycles. The fraction of sp³-hybridized carbons (Fsp3) is 0.636. The first-order valence-corrected chi connectivity index (χ1v) is 12.9. The molecule has 0 bridgehead atoms. The predicted octanol–water partition coefficient (Wildman–Crippen LogP) is 3.76. The van der Waals surface area contributed by atoms with E-state index in [4.69, 9.17) is 16.3 Å². The van der Waals surface area contributed by atoms with Crippen LogP contribution in [0.15, 0.2) is 23.1 Å². The van der Waals surface area contributed by atoms with Gasteiger partial charge in [0.2, 0.25) is 10.0 Å². The average molecular weight is 471 g/mol. The van der Waals surface area contributed by atoms with Crippen LogP contribution in [0.25, 0.3) is 0 Å². The number of benzene rings is 1. The zero-order valence-electron chi connectivity index (χ0n) is 17.9. The highest BCUT2D eigenvalue weighted by molar-refractivity contribution is 7.89. The maximum Gasteiger partial charge on any atom is 0.338 e. The van der Waals surface area contributed by atoms with Crippen molar-refractivity contribution in [1.29, 1.82) is 0 Å². The number of hydrogen-bond donors (Lipinski definition) is 1. The molecule has 1 N–H and O–H groups in total. The largest absolute Gasteiger partial charge is 0.452 e. The summed E-state index contributed by atoms with van der Waals surface area (Å²) in [6.45, 7) is 2.58. The summed E-state index contributed by atoms with van der Waals surface area (Å²) < 4.78 is 32.7. The van der Waals surface area contributed by atoms with E-state index < -0.39 is 22.6 Å². The van der Waals surface area contributed by atoms with Gasteiger partial charge in [-0.15, -0.1) is 0 Å². The van der Waals surface area contributed by atoms with E-state index in [1.165, 1.54) is 28.9 Å². The number of nitrogens with one attached hydrogen (secondary N) is 1. The Kier molecular flexibility index (Phi) is 8.36. The number of sulfonamides is 1. The number of carbonyl (C=O) groups is 2. The molecule has 1 aromatic rings. The Morgan fingerprint density at radius 2 is 1.77 bits per heavy atom. The summed E-state index contributed by atoms with van der Waals surface area (Å²) in [5.41, 5.74) is 0.0524. The van der Waals surface area contributed by atoms with Gasteiger partial charge >= 0.3 is 5.97 Å². The Hall–Kier alpha value is -1.64. The van der Waals surface area contributed by atoms with Gasteiger partial charge in [0.25, 0.3) is 5.91 Å². The molecule has 3 rings (SSSR count). The second kappa shape index (κ2) is 10.8. The van der Waals surface area contributed by atoms with Crippen molar-refractivity contribution in [3.8, 4) is 0 Å². The van der Waals surface area contributed by atoms with E-state index in [1.54, 1.807) is 0 Å². The van der Waals surface area contributed by atoms with Crippen LogP contribution < -0.4 is 5.32 Å². The molecular weight excluding hydrogens is 440 g/mol. The van der Waals surface area contributed by atoms with E-state index in [0.717, 1.165) is 44.9 Å². The third kappa shape index (κ3) is 6.20. The van der Waals surface area contributed by atoms with E-state index in [0.29, 0.717) is 19.0 Å². The van der Waals surface area contributed by atoms with Gasteiger partial charge in [-0.25, -0.2) is 13.2 Å². The SMILES string of the molecule is CC1CCCCC1NC(=O)COC(=O)c1ccc(Cl)c(S(=O)(=O)N2CCCCCC2)c1. The second-order valence-electron chi connectivity index (χ2n) is 8.48. The number of halogens is 1. The lowest BCUT2D eigenvalue weighted by atomic mass is 9.86. The van der Waals surface area contributed by atoms with Crippen molar-refractivity contribution < 1.29 is 22.7 Å². The van der Waals surface area contributed by atoms with E-state index in [1.807, 2.05) is 0 Å². The molecule has 2 fully saturated rings. The molecule has 31 heavy (non-hydrogen) atoms. The Morgan fingerprint density at radius 1 is 1.10 bits per heavy atom. The molecule has 1 aliphatic carbocycles. The van der Waals surface area contributed by atoms with E-state index in [9.17, 15) is 18.0 Å². The summed E-state index contributed by atoms with van der Waals surface area (Å²) in [4.78, 5) is 24.6. The Bertz CT molecular complexity index is 897. The molecule has 7 nitrogen and oxygen atoms in total. The molecule has 2 unspecified atom stereocenters. The van der Waals surface area contributed by atoms with Gasteiger partial charge in [0.15, 0.2) is 6.61 Å². The quantitative estimate of drug-likeness (QED) is 0.639. The van der Waals surface area contributed by atoms with Gasteiger partial charge in [-0.3, -0.25) is 4.79 Å².